The number of hydrogen-bond acceptors (Lipinski definition) is 4. The van der Waals surface area contributed by atoms with Gasteiger partial charge < -0.3 is 11.1 Å². The van der Waals surface area contributed by atoms with E-state index in [2.05, 4.69) is 17.2 Å². The van der Waals surface area contributed by atoms with E-state index in [1.165, 1.54) is 23.4 Å². The molecule has 0 aromatic carbocycles. The summed E-state index contributed by atoms with van der Waals surface area (Å²) in [4.78, 5) is 18.0. The summed E-state index contributed by atoms with van der Waals surface area (Å²) in [6, 6.07) is -0.454. The number of nitrogens with zero attached hydrogens (tertiary/aromatic N) is 1. The molecular weight excluding hydrogens is 306 g/mol. The van der Waals surface area contributed by atoms with Gasteiger partial charge in [0.25, 0.3) is 0 Å². The van der Waals surface area contributed by atoms with Crippen LogP contribution in [0.1, 0.15) is 50.6 Å². The molecule has 3 N–H and O–H groups in total. The first kappa shape index (κ1) is 18.4. The van der Waals surface area contributed by atoms with Crippen LogP contribution in [0.3, 0.4) is 0 Å². The van der Waals surface area contributed by atoms with Crippen molar-refractivity contribution in [2.24, 2.45) is 17.6 Å². The lowest BCUT2D eigenvalue weighted by atomic mass is 9.89. The molecule has 0 saturated carbocycles. The number of thiazole rings is 1. The number of nitrogens with one attached hydrogen (secondary N) is 1. The number of amides is 1. The van der Waals surface area contributed by atoms with Crippen LogP contribution in [0.5, 0.6) is 0 Å². The van der Waals surface area contributed by atoms with Gasteiger partial charge in [0.1, 0.15) is 0 Å². The maximum absolute atomic E-state index is 12.1. The molecule has 0 radical (unpaired) electrons. The number of anilines is 1. The van der Waals surface area contributed by atoms with E-state index in [0.717, 1.165) is 30.3 Å². The van der Waals surface area contributed by atoms with Gasteiger partial charge in [0.15, 0.2) is 5.13 Å². The van der Waals surface area contributed by atoms with Gasteiger partial charge in [-0.3, -0.25) is 4.79 Å². The van der Waals surface area contributed by atoms with Crippen molar-refractivity contribution < 1.29 is 4.79 Å². The zero-order valence-electron chi connectivity index (χ0n) is 13.0. The lowest BCUT2D eigenvalue weighted by Gasteiger charge is -2.18. The van der Waals surface area contributed by atoms with Crippen molar-refractivity contribution in [3.05, 3.63) is 10.6 Å². The lowest BCUT2D eigenvalue weighted by molar-refractivity contribution is -0.118. The minimum absolute atomic E-state index is 0. The average molecular weight is 332 g/mol. The molecule has 1 aliphatic rings. The molecule has 0 saturated heterocycles. The number of hydrogen-bond donors (Lipinski definition) is 2. The number of halogens is 1. The fourth-order valence-corrected chi connectivity index (χ4v) is 3.67. The summed E-state index contributed by atoms with van der Waals surface area (Å²) >= 11 is 1.62. The topological polar surface area (TPSA) is 68.0 Å². The van der Waals surface area contributed by atoms with Gasteiger partial charge in [0.2, 0.25) is 5.91 Å². The van der Waals surface area contributed by atoms with Crippen LogP contribution in [-0.4, -0.2) is 16.9 Å². The van der Waals surface area contributed by atoms with Crippen molar-refractivity contribution in [3.8, 4) is 0 Å². The Balaban J connectivity index is 0.00000220. The Kier molecular flexibility index (Phi) is 7.10. The third kappa shape index (κ3) is 4.41. The molecule has 6 heteroatoms. The molecule has 1 aliphatic carbocycles. The Morgan fingerprint density at radius 2 is 2.24 bits per heavy atom. The van der Waals surface area contributed by atoms with Gasteiger partial charge in [-0.15, -0.1) is 23.7 Å². The van der Waals surface area contributed by atoms with E-state index in [0.29, 0.717) is 0 Å². The van der Waals surface area contributed by atoms with Crippen LogP contribution < -0.4 is 11.1 Å². The molecule has 1 aromatic heterocycles. The van der Waals surface area contributed by atoms with Crippen molar-refractivity contribution in [3.63, 3.8) is 0 Å². The minimum atomic E-state index is -0.454. The monoisotopic (exact) mass is 331 g/mol. The summed E-state index contributed by atoms with van der Waals surface area (Å²) in [7, 11) is 0. The molecular formula is C15H26ClN3OS. The molecule has 120 valence electrons. The number of aryl methyl sites for hydroxylation is 1. The Bertz CT molecular complexity index is 477. The van der Waals surface area contributed by atoms with Crippen molar-refractivity contribution >= 4 is 34.8 Å². The van der Waals surface area contributed by atoms with Crippen molar-refractivity contribution in [2.45, 2.75) is 58.9 Å². The van der Waals surface area contributed by atoms with Gasteiger partial charge in [0, 0.05) is 4.88 Å². The van der Waals surface area contributed by atoms with Crippen LogP contribution in [0.4, 0.5) is 5.13 Å². The quantitative estimate of drug-likeness (QED) is 0.869. The summed E-state index contributed by atoms with van der Waals surface area (Å²) in [5.41, 5.74) is 7.12. The highest BCUT2D eigenvalue weighted by Crippen LogP contribution is 2.33. The van der Waals surface area contributed by atoms with Gasteiger partial charge in [-0.25, -0.2) is 4.98 Å². The standard InChI is InChI=1S/C15H25N3OS.ClH/c1-4-9(3)13(16)14(19)18-15-17-11-7-6-10(5-2)8-12(11)20-15;/h9-10,13H,4-8,16H2,1-3H3,(H,17,18,19);1H. The number of carbonyl (C=O) groups is 1. The Morgan fingerprint density at radius 1 is 1.52 bits per heavy atom. The molecule has 0 aliphatic heterocycles. The summed E-state index contributed by atoms with van der Waals surface area (Å²) in [6.07, 6.45) is 5.49. The fraction of sp³-hybridized carbons (Fsp3) is 0.733. The highest BCUT2D eigenvalue weighted by molar-refractivity contribution is 7.15. The van der Waals surface area contributed by atoms with Gasteiger partial charge in [-0.2, -0.15) is 0 Å². The average Bonchev–Trinajstić information content (AvgIpc) is 2.86. The molecule has 1 heterocycles. The highest BCUT2D eigenvalue weighted by Gasteiger charge is 2.24. The van der Waals surface area contributed by atoms with E-state index in [4.69, 9.17) is 5.73 Å². The van der Waals surface area contributed by atoms with E-state index in [-0.39, 0.29) is 24.2 Å². The van der Waals surface area contributed by atoms with Crippen molar-refractivity contribution in [2.75, 3.05) is 5.32 Å². The third-order valence-electron chi connectivity index (χ3n) is 4.41. The smallest absolute Gasteiger partial charge is 0.243 e. The maximum Gasteiger partial charge on any atom is 0.243 e. The van der Waals surface area contributed by atoms with Crippen molar-refractivity contribution in [1.29, 1.82) is 0 Å². The van der Waals surface area contributed by atoms with E-state index < -0.39 is 6.04 Å². The van der Waals surface area contributed by atoms with Crippen LogP contribution in [0, 0.1) is 11.8 Å². The van der Waals surface area contributed by atoms with E-state index in [1.807, 2.05) is 13.8 Å². The SMILES string of the molecule is CCC1CCc2nc(NC(=O)C(N)C(C)CC)sc2C1.Cl. The first-order valence-electron chi connectivity index (χ1n) is 7.60. The Labute approximate surface area is 137 Å². The number of fused-ring (bicyclic) bond motifs is 1. The Hall–Kier alpha value is -0.650. The molecule has 4 nitrogen and oxygen atoms in total. The Morgan fingerprint density at radius 3 is 2.86 bits per heavy atom. The van der Waals surface area contributed by atoms with E-state index in [1.54, 1.807) is 11.3 Å². The van der Waals surface area contributed by atoms with Gasteiger partial charge in [-0.1, -0.05) is 33.6 Å². The van der Waals surface area contributed by atoms with Crippen LogP contribution in [0.15, 0.2) is 0 Å². The van der Waals surface area contributed by atoms with E-state index in [9.17, 15) is 4.79 Å². The minimum Gasteiger partial charge on any atom is -0.320 e. The second-order valence-electron chi connectivity index (χ2n) is 5.81. The predicted molar refractivity (Wildman–Crippen MR) is 91.2 cm³/mol. The number of rotatable bonds is 5. The molecule has 1 amide bonds. The second-order valence-corrected chi connectivity index (χ2v) is 6.89. The maximum atomic E-state index is 12.1. The van der Waals surface area contributed by atoms with Crippen LogP contribution in [-0.2, 0) is 17.6 Å². The van der Waals surface area contributed by atoms with Crippen molar-refractivity contribution in [1.82, 2.24) is 4.98 Å². The van der Waals surface area contributed by atoms with Gasteiger partial charge >= 0.3 is 0 Å². The molecule has 3 atom stereocenters. The molecule has 2 rings (SSSR count). The molecule has 0 spiro atoms. The van der Waals surface area contributed by atoms with Crippen LogP contribution in [0.2, 0.25) is 0 Å². The zero-order valence-corrected chi connectivity index (χ0v) is 14.6. The number of nitrogens with two attached hydrogens (primary N) is 1. The second kappa shape index (κ2) is 8.11. The highest BCUT2D eigenvalue weighted by atomic mass is 35.5. The molecule has 0 bridgehead atoms. The first-order valence-corrected chi connectivity index (χ1v) is 8.41. The molecule has 3 unspecified atom stereocenters. The molecule has 21 heavy (non-hydrogen) atoms. The van der Waals surface area contributed by atoms with Gasteiger partial charge in [-0.05, 0) is 31.1 Å². The van der Waals surface area contributed by atoms with E-state index >= 15 is 0 Å². The van der Waals surface area contributed by atoms with Crippen LogP contribution in [0.25, 0.3) is 0 Å². The predicted octanol–water partition coefficient (Wildman–Crippen LogP) is 3.39. The summed E-state index contributed by atoms with van der Waals surface area (Å²) < 4.78 is 0. The normalized spacial score (nSPS) is 20.1. The lowest BCUT2D eigenvalue weighted by Crippen LogP contribution is -2.40. The van der Waals surface area contributed by atoms with Gasteiger partial charge in [0.05, 0.1) is 11.7 Å². The molecule has 0 fully saturated rings. The number of carbonyl (C=O) groups excluding carboxylic acids is 1. The largest absolute Gasteiger partial charge is 0.320 e. The number of aromatic nitrogens is 1. The summed E-state index contributed by atoms with van der Waals surface area (Å²) in [5.74, 6) is 0.848. The zero-order chi connectivity index (χ0) is 14.7. The van der Waals surface area contributed by atoms with Crippen LogP contribution >= 0.6 is 23.7 Å². The molecule has 1 aromatic rings. The fourth-order valence-electron chi connectivity index (χ4n) is 2.55. The third-order valence-corrected chi connectivity index (χ3v) is 5.44. The summed E-state index contributed by atoms with van der Waals surface area (Å²) in [5, 5.41) is 3.61. The summed E-state index contributed by atoms with van der Waals surface area (Å²) in [6.45, 7) is 6.29. The first-order chi connectivity index (χ1) is 9.55.